The fourth-order valence-corrected chi connectivity index (χ4v) is 1.68. The number of ether oxygens (including phenoxy) is 1. The first-order valence-corrected chi connectivity index (χ1v) is 6.99. The summed E-state index contributed by atoms with van der Waals surface area (Å²) in [6.07, 6.45) is 4.42. The summed E-state index contributed by atoms with van der Waals surface area (Å²) in [6.45, 7) is 3.48. The van der Waals surface area contributed by atoms with Crippen molar-refractivity contribution in [2.75, 3.05) is 18.5 Å². The molecule has 0 fully saturated rings. The number of unbranched alkanes of at least 4 members (excludes halogenated alkanes) is 2. The lowest BCUT2D eigenvalue weighted by molar-refractivity contribution is -0.116. The van der Waals surface area contributed by atoms with Crippen LogP contribution in [0.15, 0.2) is 24.3 Å². The Morgan fingerprint density at radius 2 is 1.95 bits per heavy atom. The van der Waals surface area contributed by atoms with Gasteiger partial charge >= 0.3 is 0 Å². The predicted molar refractivity (Wildman–Crippen MR) is 78.4 cm³/mol. The molecular weight excluding hydrogens is 240 g/mol. The second-order valence-electron chi connectivity index (χ2n) is 4.52. The average molecular weight is 264 g/mol. The molecule has 0 radical (unpaired) electrons. The summed E-state index contributed by atoms with van der Waals surface area (Å²) in [5.41, 5.74) is 6.22. The molecule has 4 nitrogen and oxygen atoms in total. The van der Waals surface area contributed by atoms with Crippen molar-refractivity contribution in [2.24, 2.45) is 5.73 Å². The van der Waals surface area contributed by atoms with Gasteiger partial charge in [0.15, 0.2) is 0 Å². The van der Waals surface area contributed by atoms with E-state index in [1.165, 1.54) is 0 Å². The molecule has 3 N–H and O–H groups in total. The van der Waals surface area contributed by atoms with Crippen molar-refractivity contribution in [3.05, 3.63) is 24.3 Å². The van der Waals surface area contributed by atoms with Gasteiger partial charge in [0.2, 0.25) is 5.91 Å². The molecule has 0 atom stereocenters. The van der Waals surface area contributed by atoms with Crippen molar-refractivity contribution >= 4 is 11.6 Å². The van der Waals surface area contributed by atoms with Crippen LogP contribution in [0.3, 0.4) is 0 Å². The van der Waals surface area contributed by atoms with Crippen LogP contribution >= 0.6 is 0 Å². The highest BCUT2D eigenvalue weighted by Crippen LogP contribution is 2.16. The second kappa shape index (κ2) is 9.39. The third kappa shape index (κ3) is 6.82. The van der Waals surface area contributed by atoms with Gasteiger partial charge in [-0.1, -0.05) is 13.3 Å². The van der Waals surface area contributed by atoms with E-state index < -0.39 is 0 Å². The number of carbonyl (C=O) groups excluding carboxylic acids is 1. The number of rotatable bonds is 9. The molecule has 19 heavy (non-hydrogen) atoms. The summed E-state index contributed by atoms with van der Waals surface area (Å²) in [6, 6.07) is 7.48. The van der Waals surface area contributed by atoms with Gasteiger partial charge in [0.1, 0.15) is 5.75 Å². The molecule has 0 unspecified atom stereocenters. The zero-order valence-electron chi connectivity index (χ0n) is 11.7. The van der Waals surface area contributed by atoms with Gasteiger partial charge in [-0.15, -0.1) is 0 Å². The number of benzene rings is 1. The van der Waals surface area contributed by atoms with E-state index in [1.807, 2.05) is 24.3 Å². The molecule has 0 bridgehead atoms. The van der Waals surface area contributed by atoms with Gasteiger partial charge in [-0.25, -0.2) is 0 Å². The van der Waals surface area contributed by atoms with Gasteiger partial charge in [-0.2, -0.15) is 0 Å². The Bertz CT molecular complexity index is 363. The van der Waals surface area contributed by atoms with Gasteiger partial charge in [0.25, 0.3) is 0 Å². The van der Waals surface area contributed by atoms with Crippen LogP contribution < -0.4 is 15.8 Å². The van der Waals surface area contributed by atoms with E-state index in [0.29, 0.717) is 19.6 Å². The Morgan fingerprint density at radius 3 is 2.58 bits per heavy atom. The molecular formula is C15H24N2O2. The molecule has 1 rings (SSSR count). The summed E-state index contributed by atoms with van der Waals surface area (Å²) in [7, 11) is 0. The number of amides is 1. The monoisotopic (exact) mass is 264 g/mol. The minimum atomic E-state index is 0.0549. The minimum absolute atomic E-state index is 0.0549. The largest absolute Gasteiger partial charge is 0.494 e. The number of anilines is 1. The number of hydrogen-bond donors (Lipinski definition) is 2. The Balaban J connectivity index is 2.29. The van der Waals surface area contributed by atoms with E-state index in [0.717, 1.165) is 37.1 Å². The highest BCUT2D eigenvalue weighted by molar-refractivity contribution is 5.90. The van der Waals surface area contributed by atoms with Crippen LogP contribution in [0, 0.1) is 0 Å². The van der Waals surface area contributed by atoms with Gasteiger partial charge in [-0.3, -0.25) is 4.79 Å². The first kappa shape index (κ1) is 15.5. The number of nitrogens with two attached hydrogens (primary N) is 1. The van der Waals surface area contributed by atoms with Gasteiger partial charge in [0, 0.05) is 12.1 Å². The molecule has 1 amide bonds. The lowest BCUT2D eigenvalue weighted by Crippen LogP contribution is -2.11. The van der Waals surface area contributed by atoms with Gasteiger partial charge in [-0.05, 0) is 50.1 Å². The van der Waals surface area contributed by atoms with Crippen LogP contribution in [-0.2, 0) is 4.79 Å². The number of hydrogen-bond acceptors (Lipinski definition) is 3. The lowest BCUT2D eigenvalue weighted by Gasteiger charge is -2.07. The Kier molecular flexibility index (Phi) is 7.66. The highest BCUT2D eigenvalue weighted by atomic mass is 16.5. The van der Waals surface area contributed by atoms with E-state index in [-0.39, 0.29) is 5.91 Å². The molecule has 0 aromatic heterocycles. The van der Waals surface area contributed by atoms with Crippen LogP contribution in [0.25, 0.3) is 0 Å². The zero-order chi connectivity index (χ0) is 13.9. The SMILES string of the molecule is CCCOc1ccc(NC(=O)CCCCCN)cc1. The maximum absolute atomic E-state index is 11.7. The van der Waals surface area contributed by atoms with E-state index >= 15 is 0 Å². The molecule has 0 aliphatic carbocycles. The Hall–Kier alpha value is -1.55. The topological polar surface area (TPSA) is 64.3 Å². The van der Waals surface area contributed by atoms with Crippen LogP contribution in [-0.4, -0.2) is 19.1 Å². The van der Waals surface area contributed by atoms with E-state index in [4.69, 9.17) is 10.5 Å². The molecule has 0 spiro atoms. The molecule has 0 heterocycles. The van der Waals surface area contributed by atoms with Crippen molar-refractivity contribution < 1.29 is 9.53 Å². The highest BCUT2D eigenvalue weighted by Gasteiger charge is 2.02. The van der Waals surface area contributed by atoms with E-state index in [2.05, 4.69) is 12.2 Å². The van der Waals surface area contributed by atoms with Crippen molar-refractivity contribution in [1.82, 2.24) is 0 Å². The fourth-order valence-electron chi connectivity index (χ4n) is 1.68. The third-order valence-corrected chi connectivity index (χ3v) is 2.72. The van der Waals surface area contributed by atoms with E-state index in [9.17, 15) is 4.79 Å². The smallest absolute Gasteiger partial charge is 0.224 e. The molecule has 4 heteroatoms. The Labute approximate surface area is 115 Å². The summed E-state index contributed by atoms with van der Waals surface area (Å²) >= 11 is 0. The quantitative estimate of drug-likeness (QED) is 0.674. The maximum atomic E-state index is 11.7. The normalized spacial score (nSPS) is 10.2. The maximum Gasteiger partial charge on any atom is 0.224 e. The Morgan fingerprint density at radius 1 is 1.21 bits per heavy atom. The molecule has 0 aliphatic rings. The molecule has 0 aliphatic heterocycles. The van der Waals surface area contributed by atoms with E-state index in [1.54, 1.807) is 0 Å². The van der Waals surface area contributed by atoms with Crippen LogP contribution in [0.1, 0.15) is 39.0 Å². The first-order valence-electron chi connectivity index (χ1n) is 6.99. The molecule has 1 aromatic carbocycles. The fraction of sp³-hybridized carbons (Fsp3) is 0.533. The zero-order valence-corrected chi connectivity index (χ0v) is 11.7. The standard InChI is InChI=1S/C15H24N2O2/c1-2-12-19-14-9-7-13(8-10-14)17-15(18)6-4-3-5-11-16/h7-10H,2-6,11-12,16H2,1H3,(H,17,18). The third-order valence-electron chi connectivity index (χ3n) is 2.72. The van der Waals surface area contributed by atoms with Crippen molar-refractivity contribution in [1.29, 1.82) is 0 Å². The van der Waals surface area contributed by atoms with Gasteiger partial charge < -0.3 is 15.8 Å². The molecule has 1 aromatic rings. The summed E-state index contributed by atoms with van der Waals surface area (Å²) in [4.78, 5) is 11.7. The number of carbonyl (C=O) groups is 1. The average Bonchev–Trinajstić information content (AvgIpc) is 2.43. The first-order chi connectivity index (χ1) is 9.26. The lowest BCUT2D eigenvalue weighted by atomic mass is 10.2. The van der Waals surface area contributed by atoms with Crippen LogP contribution in [0.2, 0.25) is 0 Å². The van der Waals surface area contributed by atoms with Crippen molar-refractivity contribution in [2.45, 2.75) is 39.0 Å². The van der Waals surface area contributed by atoms with Crippen LogP contribution in [0.5, 0.6) is 5.75 Å². The van der Waals surface area contributed by atoms with Gasteiger partial charge in [0.05, 0.1) is 6.61 Å². The second-order valence-corrected chi connectivity index (χ2v) is 4.52. The summed E-state index contributed by atoms with van der Waals surface area (Å²) in [5.74, 6) is 0.891. The molecule has 0 saturated heterocycles. The predicted octanol–water partition coefficient (Wildman–Crippen LogP) is 2.93. The van der Waals surface area contributed by atoms with Crippen molar-refractivity contribution in [3.8, 4) is 5.75 Å². The summed E-state index contributed by atoms with van der Waals surface area (Å²) in [5, 5.41) is 2.88. The molecule has 0 saturated carbocycles. The summed E-state index contributed by atoms with van der Waals surface area (Å²) < 4.78 is 5.48. The minimum Gasteiger partial charge on any atom is -0.494 e. The molecule has 106 valence electrons. The number of nitrogens with one attached hydrogen (secondary N) is 1. The van der Waals surface area contributed by atoms with Crippen molar-refractivity contribution in [3.63, 3.8) is 0 Å². The van der Waals surface area contributed by atoms with Crippen LogP contribution in [0.4, 0.5) is 5.69 Å².